The molecule has 0 aliphatic heterocycles. The van der Waals surface area contributed by atoms with Crippen LogP contribution in [0.1, 0.15) is 5.56 Å². The van der Waals surface area contributed by atoms with Crippen LogP contribution in [0.5, 0.6) is 0 Å². The Balaban J connectivity index is 1.70. The normalized spacial score (nSPS) is 11.0. The van der Waals surface area contributed by atoms with E-state index in [9.17, 15) is 9.59 Å². The fourth-order valence-corrected chi connectivity index (χ4v) is 3.48. The maximum absolute atomic E-state index is 12.7. The molecule has 1 N–H and O–H groups in total. The molecule has 0 unspecified atom stereocenters. The molecule has 5 heteroatoms. The molecule has 4 nitrogen and oxygen atoms in total. The summed E-state index contributed by atoms with van der Waals surface area (Å²) >= 11 is 6.15. The van der Waals surface area contributed by atoms with E-state index >= 15 is 0 Å². The molecule has 4 rings (SSSR count). The van der Waals surface area contributed by atoms with Crippen molar-refractivity contribution in [1.29, 1.82) is 0 Å². The highest BCUT2D eigenvalue weighted by Crippen LogP contribution is 2.19. The van der Waals surface area contributed by atoms with Crippen molar-refractivity contribution in [1.82, 2.24) is 9.88 Å². The SMILES string of the molecule is O=C(Cn1c2ccccc2c(=O)c2ccccc21)NCc1ccccc1Cl. The first kappa shape index (κ1) is 17.3. The number of carbonyl (C=O) groups excluding carboxylic acids is 1. The van der Waals surface area contributed by atoms with Crippen LogP contribution in [-0.4, -0.2) is 10.5 Å². The maximum atomic E-state index is 12.7. The van der Waals surface area contributed by atoms with Crippen LogP contribution in [0, 0.1) is 0 Å². The van der Waals surface area contributed by atoms with E-state index in [-0.39, 0.29) is 17.9 Å². The molecule has 0 fully saturated rings. The third kappa shape index (κ3) is 3.32. The van der Waals surface area contributed by atoms with Crippen LogP contribution in [0.15, 0.2) is 77.6 Å². The largest absolute Gasteiger partial charge is 0.350 e. The zero-order chi connectivity index (χ0) is 18.8. The Kier molecular flexibility index (Phi) is 4.65. The highest BCUT2D eigenvalue weighted by Gasteiger charge is 2.13. The van der Waals surface area contributed by atoms with Crippen LogP contribution < -0.4 is 10.7 Å². The third-order valence-electron chi connectivity index (χ3n) is 4.61. The topological polar surface area (TPSA) is 51.1 Å². The highest BCUT2D eigenvalue weighted by molar-refractivity contribution is 6.31. The van der Waals surface area contributed by atoms with Crippen LogP contribution in [0.25, 0.3) is 21.8 Å². The van der Waals surface area contributed by atoms with E-state index < -0.39 is 0 Å². The molecule has 0 radical (unpaired) electrons. The number of nitrogens with one attached hydrogen (secondary N) is 1. The number of hydrogen-bond donors (Lipinski definition) is 1. The van der Waals surface area contributed by atoms with Crippen molar-refractivity contribution in [3.63, 3.8) is 0 Å². The Bertz CT molecular complexity index is 1150. The van der Waals surface area contributed by atoms with Gasteiger partial charge in [0, 0.05) is 22.3 Å². The van der Waals surface area contributed by atoms with E-state index in [1.165, 1.54) is 0 Å². The van der Waals surface area contributed by atoms with Crippen molar-refractivity contribution in [2.75, 3.05) is 0 Å². The molecule has 0 saturated heterocycles. The van der Waals surface area contributed by atoms with Crippen molar-refractivity contribution < 1.29 is 4.79 Å². The van der Waals surface area contributed by atoms with Gasteiger partial charge in [-0.05, 0) is 35.9 Å². The second-order valence-electron chi connectivity index (χ2n) is 6.32. The molecule has 0 saturated carbocycles. The highest BCUT2D eigenvalue weighted by atomic mass is 35.5. The number of pyridine rings is 1. The van der Waals surface area contributed by atoms with Gasteiger partial charge in [0.25, 0.3) is 0 Å². The Morgan fingerprint density at radius 2 is 1.41 bits per heavy atom. The fraction of sp³-hybridized carbons (Fsp3) is 0.0909. The van der Waals surface area contributed by atoms with Crippen molar-refractivity contribution in [3.8, 4) is 0 Å². The average molecular weight is 377 g/mol. The van der Waals surface area contributed by atoms with Gasteiger partial charge in [0.1, 0.15) is 6.54 Å². The minimum absolute atomic E-state index is 0.0195. The van der Waals surface area contributed by atoms with Gasteiger partial charge in [0.15, 0.2) is 5.43 Å². The average Bonchev–Trinajstić information content (AvgIpc) is 2.70. The zero-order valence-electron chi connectivity index (χ0n) is 14.5. The Labute approximate surface area is 161 Å². The molecule has 0 spiro atoms. The number of fused-ring (bicyclic) bond motifs is 2. The minimum atomic E-state index is -0.145. The summed E-state index contributed by atoms with van der Waals surface area (Å²) in [4.78, 5) is 25.4. The lowest BCUT2D eigenvalue weighted by atomic mass is 10.1. The summed E-state index contributed by atoms with van der Waals surface area (Å²) in [6.45, 7) is 0.473. The van der Waals surface area contributed by atoms with Crippen molar-refractivity contribution in [3.05, 3.63) is 93.6 Å². The molecular formula is C22H17ClN2O2. The third-order valence-corrected chi connectivity index (χ3v) is 4.98. The van der Waals surface area contributed by atoms with Gasteiger partial charge < -0.3 is 9.88 Å². The Morgan fingerprint density at radius 3 is 2.04 bits per heavy atom. The lowest BCUT2D eigenvalue weighted by Crippen LogP contribution is -2.28. The molecule has 1 heterocycles. The second-order valence-corrected chi connectivity index (χ2v) is 6.72. The van der Waals surface area contributed by atoms with E-state index in [2.05, 4.69) is 5.32 Å². The molecule has 1 aromatic heterocycles. The lowest BCUT2D eigenvalue weighted by molar-refractivity contribution is -0.121. The summed E-state index contributed by atoms with van der Waals surface area (Å²) in [6, 6.07) is 22.1. The number of rotatable bonds is 4. The van der Waals surface area contributed by atoms with Crippen LogP contribution >= 0.6 is 11.6 Å². The number of para-hydroxylation sites is 2. The van der Waals surface area contributed by atoms with E-state index in [0.29, 0.717) is 22.3 Å². The number of hydrogen-bond acceptors (Lipinski definition) is 2. The second kappa shape index (κ2) is 7.25. The first-order valence-electron chi connectivity index (χ1n) is 8.65. The van der Waals surface area contributed by atoms with Gasteiger partial charge in [-0.25, -0.2) is 0 Å². The fourth-order valence-electron chi connectivity index (χ4n) is 3.28. The summed E-state index contributed by atoms with van der Waals surface area (Å²) in [5, 5.41) is 4.75. The molecule has 0 aliphatic rings. The van der Waals surface area contributed by atoms with Crippen LogP contribution in [0.2, 0.25) is 5.02 Å². The summed E-state index contributed by atoms with van der Waals surface area (Å²) < 4.78 is 1.88. The number of nitrogens with zero attached hydrogens (tertiary/aromatic N) is 1. The first-order valence-corrected chi connectivity index (χ1v) is 9.03. The number of carbonyl (C=O) groups is 1. The van der Waals surface area contributed by atoms with Crippen molar-refractivity contribution in [2.45, 2.75) is 13.1 Å². The molecule has 3 aromatic carbocycles. The van der Waals surface area contributed by atoms with E-state index in [4.69, 9.17) is 11.6 Å². The minimum Gasteiger partial charge on any atom is -0.350 e. The summed E-state index contributed by atoms with van der Waals surface area (Å²) in [6.07, 6.45) is 0. The Morgan fingerprint density at radius 1 is 0.852 bits per heavy atom. The molecule has 134 valence electrons. The van der Waals surface area contributed by atoms with Crippen molar-refractivity contribution in [2.24, 2.45) is 0 Å². The van der Waals surface area contributed by atoms with Crippen molar-refractivity contribution >= 4 is 39.3 Å². The number of halogens is 1. The molecule has 0 atom stereocenters. The van der Waals surface area contributed by atoms with E-state index in [0.717, 1.165) is 16.6 Å². The molecule has 0 aliphatic carbocycles. The quantitative estimate of drug-likeness (QED) is 0.544. The predicted octanol–water partition coefficient (Wildman–Crippen LogP) is 4.12. The van der Waals surface area contributed by atoms with Gasteiger partial charge >= 0.3 is 0 Å². The maximum Gasteiger partial charge on any atom is 0.240 e. The van der Waals surface area contributed by atoms with Gasteiger partial charge in [0.2, 0.25) is 5.91 Å². The van der Waals surface area contributed by atoms with Crippen LogP contribution in [0.3, 0.4) is 0 Å². The van der Waals surface area contributed by atoms with Gasteiger partial charge in [-0.2, -0.15) is 0 Å². The molecule has 0 bridgehead atoms. The van der Waals surface area contributed by atoms with E-state index in [1.54, 1.807) is 18.2 Å². The number of amides is 1. The van der Waals surface area contributed by atoms with Crippen LogP contribution in [-0.2, 0) is 17.9 Å². The van der Waals surface area contributed by atoms with Gasteiger partial charge in [-0.3, -0.25) is 9.59 Å². The molecule has 27 heavy (non-hydrogen) atoms. The standard InChI is InChI=1S/C22H17ClN2O2/c23-18-10-4-1-7-15(18)13-24-21(26)14-25-19-11-5-2-8-16(19)22(27)17-9-3-6-12-20(17)25/h1-12H,13-14H2,(H,24,26). The Hall–Kier alpha value is -3.11. The molecular weight excluding hydrogens is 360 g/mol. The first-order chi connectivity index (χ1) is 13.1. The zero-order valence-corrected chi connectivity index (χ0v) is 15.2. The summed E-state index contributed by atoms with van der Waals surface area (Å²) in [7, 11) is 0. The monoisotopic (exact) mass is 376 g/mol. The lowest BCUT2D eigenvalue weighted by Gasteiger charge is -2.15. The van der Waals surface area contributed by atoms with Crippen LogP contribution in [0.4, 0.5) is 0 Å². The predicted molar refractivity (Wildman–Crippen MR) is 109 cm³/mol. The molecule has 1 amide bonds. The van der Waals surface area contributed by atoms with Gasteiger partial charge in [0.05, 0.1) is 11.0 Å². The number of aromatic nitrogens is 1. The number of benzene rings is 3. The summed E-state index contributed by atoms with van der Waals surface area (Å²) in [5.74, 6) is -0.145. The smallest absolute Gasteiger partial charge is 0.240 e. The van der Waals surface area contributed by atoms with E-state index in [1.807, 2.05) is 59.2 Å². The van der Waals surface area contributed by atoms with Gasteiger partial charge in [-0.15, -0.1) is 0 Å². The van der Waals surface area contributed by atoms with Gasteiger partial charge in [-0.1, -0.05) is 54.1 Å². The summed E-state index contributed by atoms with van der Waals surface area (Å²) in [5.41, 5.74) is 2.33. The molecule has 4 aromatic rings.